The van der Waals surface area contributed by atoms with Crippen LogP contribution in [-0.2, 0) is 9.47 Å². The van der Waals surface area contributed by atoms with Crippen LogP contribution in [0.25, 0.3) is 0 Å². The van der Waals surface area contributed by atoms with E-state index in [0.29, 0.717) is 0 Å². The molecule has 1 rings (SSSR count). The zero-order valence-corrected chi connectivity index (χ0v) is 31.8. The molecular formula is C44H81NO2. The van der Waals surface area contributed by atoms with Gasteiger partial charge in [0.1, 0.15) is 0 Å². The zero-order valence-electron chi connectivity index (χ0n) is 31.8. The first-order valence-electron chi connectivity index (χ1n) is 20.9. The van der Waals surface area contributed by atoms with E-state index in [4.69, 9.17) is 9.47 Å². The molecule has 47 heavy (non-hydrogen) atoms. The van der Waals surface area contributed by atoms with Crippen molar-refractivity contribution in [1.82, 2.24) is 4.90 Å². The van der Waals surface area contributed by atoms with E-state index < -0.39 is 0 Å². The van der Waals surface area contributed by atoms with Crippen molar-refractivity contribution in [3.63, 3.8) is 0 Å². The third-order valence-electron chi connectivity index (χ3n) is 9.46. The van der Waals surface area contributed by atoms with E-state index >= 15 is 0 Å². The van der Waals surface area contributed by atoms with Crippen molar-refractivity contribution in [3.8, 4) is 0 Å². The largest absolute Gasteiger partial charge is 0.379 e. The first kappa shape index (κ1) is 43.9. The highest BCUT2D eigenvalue weighted by molar-refractivity contribution is 4.93. The summed E-state index contributed by atoms with van der Waals surface area (Å²) < 4.78 is 12.5. The fraction of sp³-hybridized carbons (Fsp3) is 0.818. The maximum atomic E-state index is 6.38. The van der Waals surface area contributed by atoms with Gasteiger partial charge < -0.3 is 14.4 Å². The lowest BCUT2D eigenvalue weighted by Crippen LogP contribution is -2.28. The highest BCUT2D eigenvalue weighted by Crippen LogP contribution is 2.13. The fourth-order valence-corrected chi connectivity index (χ4v) is 6.29. The van der Waals surface area contributed by atoms with Gasteiger partial charge in [0, 0.05) is 19.8 Å². The molecule has 0 aromatic rings. The minimum absolute atomic E-state index is 0.262. The Morgan fingerprint density at radius 2 is 0.915 bits per heavy atom. The molecule has 0 unspecified atom stereocenters. The smallest absolute Gasteiger partial charge is 0.0820 e. The SMILES string of the molecule is CCCCCC=CCC=CCCCCCCCCOC[C@H](CCN1CCCC1)OCCCCCCCCC=CCC=CCCCCC. The average molecular weight is 656 g/mol. The molecule has 0 aromatic heterocycles. The molecule has 0 N–H and O–H groups in total. The molecular weight excluding hydrogens is 574 g/mol. The lowest BCUT2D eigenvalue weighted by molar-refractivity contribution is -0.0255. The van der Waals surface area contributed by atoms with Crippen molar-refractivity contribution in [2.45, 2.75) is 193 Å². The Kier molecular flexibility index (Phi) is 35.1. The second kappa shape index (κ2) is 37.7. The number of hydrogen-bond donors (Lipinski definition) is 0. The van der Waals surface area contributed by atoms with Crippen molar-refractivity contribution in [1.29, 1.82) is 0 Å². The van der Waals surface area contributed by atoms with Crippen LogP contribution in [-0.4, -0.2) is 50.5 Å². The number of rotatable bonds is 36. The number of ether oxygens (including phenoxy) is 2. The maximum absolute atomic E-state index is 6.38. The number of nitrogens with zero attached hydrogens (tertiary/aromatic N) is 1. The quantitative estimate of drug-likeness (QED) is 0.0495. The fourth-order valence-electron chi connectivity index (χ4n) is 6.29. The van der Waals surface area contributed by atoms with E-state index in [1.54, 1.807) is 0 Å². The molecule has 3 nitrogen and oxygen atoms in total. The third kappa shape index (κ3) is 33.1. The van der Waals surface area contributed by atoms with Crippen LogP contribution in [0.15, 0.2) is 48.6 Å². The predicted octanol–water partition coefficient (Wildman–Crippen LogP) is 13.5. The van der Waals surface area contributed by atoms with Crippen LogP contribution in [0.2, 0.25) is 0 Å². The van der Waals surface area contributed by atoms with Gasteiger partial charge in [0.25, 0.3) is 0 Å². The van der Waals surface area contributed by atoms with Crippen LogP contribution in [0, 0.1) is 0 Å². The molecule has 3 heteroatoms. The van der Waals surface area contributed by atoms with E-state index in [2.05, 4.69) is 67.4 Å². The monoisotopic (exact) mass is 656 g/mol. The van der Waals surface area contributed by atoms with Crippen molar-refractivity contribution in [3.05, 3.63) is 48.6 Å². The number of hydrogen-bond acceptors (Lipinski definition) is 3. The van der Waals surface area contributed by atoms with Gasteiger partial charge in [0.05, 0.1) is 12.7 Å². The minimum Gasteiger partial charge on any atom is -0.379 e. The highest BCUT2D eigenvalue weighted by atomic mass is 16.5. The van der Waals surface area contributed by atoms with Crippen molar-refractivity contribution < 1.29 is 9.47 Å². The summed E-state index contributed by atoms with van der Waals surface area (Å²) in [5, 5.41) is 0. The van der Waals surface area contributed by atoms with Crippen molar-refractivity contribution >= 4 is 0 Å². The van der Waals surface area contributed by atoms with Gasteiger partial charge in [-0.15, -0.1) is 0 Å². The number of allylic oxidation sites excluding steroid dienone is 8. The van der Waals surface area contributed by atoms with Crippen LogP contribution < -0.4 is 0 Å². The number of likely N-dealkylation sites (tertiary alicyclic amines) is 1. The van der Waals surface area contributed by atoms with E-state index in [0.717, 1.165) is 39.1 Å². The third-order valence-corrected chi connectivity index (χ3v) is 9.46. The highest BCUT2D eigenvalue weighted by Gasteiger charge is 2.15. The van der Waals surface area contributed by atoms with Crippen molar-refractivity contribution in [2.75, 3.05) is 39.5 Å². The molecule has 1 aliphatic heterocycles. The zero-order chi connectivity index (χ0) is 33.6. The van der Waals surface area contributed by atoms with Crippen LogP contribution in [0.3, 0.4) is 0 Å². The standard InChI is InChI=1S/C44H81NO2/c1-3-5-7-9-11-13-15-17-19-21-23-25-27-29-31-35-41-46-43-44(37-40-45-38-33-34-39-45)47-42-36-32-30-28-26-24-22-20-18-16-14-12-10-8-6-4-2/h11-14,17-20,44H,3-10,15-16,21-43H2,1-2H3/t44-/m0/s1. The first-order chi connectivity index (χ1) is 23.4. The average Bonchev–Trinajstić information content (AvgIpc) is 3.61. The van der Waals surface area contributed by atoms with E-state index in [-0.39, 0.29) is 6.10 Å². The van der Waals surface area contributed by atoms with Gasteiger partial charge in [0.15, 0.2) is 0 Å². The summed E-state index contributed by atoms with van der Waals surface area (Å²) in [6, 6.07) is 0. The van der Waals surface area contributed by atoms with Crippen LogP contribution >= 0.6 is 0 Å². The summed E-state index contributed by atoms with van der Waals surface area (Å²) in [6.07, 6.45) is 53.9. The molecule has 1 fully saturated rings. The van der Waals surface area contributed by atoms with Crippen LogP contribution in [0.1, 0.15) is 187 Å². The number of unbranched alkanes of at least 4 members (excludes halogenated alkanes) is 18. The molecule has 1 saturated heterocycles. The summed E-state index contributed by atoms with van der Waals surface area (Å²) in [5.74, 6) is 0. The molecule has 0 amide bonds. The van der Waals surface area contributed by atoms with E-state index in [9.17, 15) is 0 Å². The molecule has 0 spiro atoms. The predicted molar refractivity (Wildman–Crippen MR) is 210 cm³/mol. The second-order valence-corrected chi connectivity index (χ2v) is 14.1. The first-order valence-corrected chi connectivity index (χ1v) is 20.9. The topological polar surface area (TPSA) is 21.7 Å². The van der Waals surface area contributed by atoms with Gasteiger partial charge in [-0.2, -0.15) is 0 Å². The van der Waals surface area contributed by atoms with Gasteiger partial charge in [-0.3, -0.25) is 0 Å². The Hall–Kier alpha value is -1.16. The maximum Gasteiger partial charge on any atom is 0.0820 e. The summed E-state index contributed by atoms with van der Waals surface area (Å²) in [4.78, 5) is 2.61. The van der Waals surface area contributed by atoms with Gasteiger partial charge in [-0.1, -0.05) is 140 Å². The van der Waals surface area contributed by atoms with Gasteiger partial charge in [-0.25, -0.2) is 0 Å². The molecule has 1 atom stereocenters. The Labute approximate surface area is 295 Å². The lowest BCUT2D eigenvalue weighted by Gasteiger charge is -2.22. The molecule has 1 aliphatic rings. The minimum atomic E-state index is 0.262. The summed E-state index contributed by atoms with van der Waals surface area (Å²) >= 11 is 0. The van der Waals surface area contributed by atoms with Gasteiger partial charge >= 0.3 is 0 Å². The Morgan fingerprint density at radius 1 is 0.489 bits per heavy atom. The molecule has 0 radical (unpaired) electrons. The van der Waals surface area contributed by atoms with E-state index in [1.165, 1.54) is 174 Å². The molecule has 0 saturated carbocycles. The van der Waals surface area contributed by atoms with E-state index in [1.807, 2.05) is 0 Å². The van der Waals surface area contributed by atoms with Crippen LogP contribution in [0.4, 0.5) is 0 Å². The molecule has 0 aromatic carbocycles. The normalized spacial score (nSPS) is 15.1. The Morgan fingerprint density at radius 3 is 1.40 bits per heavy atom. The lowest BCUT2D eigenvalue weighted by atomic mass is 10.1. The summed E-state index contributed by atoms with van der Waals surface area (Å²) in [5.41, 5.74) is 0. The molecule has 0 bridgehead atoms. The van der Waals surface area contributed by atoms with Gasteiger partial charge in [-0.05, 0) is 109 Å². The van der Waals surface area contributed by atoms with Gasteiger partial charge in [0.2, 0.25) is 0 Å². The van der Waals surface area contributed by atoms with Crippen molar-refractivity contribution in [2.24, 2.45) is 0 Å². The Balaban J connectivity index is 1.99. The van der Waals surface area contributed by atoms with Crippen LogP contribution in [0.5, 0.6) is 0 Å². The second-order valence-electron chi connectivity index (χ2n) is 14.1. The molecule has 274 valence electrons. The molecule has 1 heterocycles. The Bertz CT molecular complexity index is 720. The summed E-state index contributed by atoms with van der Waals surface area (Å²) in [7, 11) is 0. The summed E-state index contributed by atoms with van der Waals surface area (Å²) in [6.45, 7) is 10.8. The molecule has 0 aliphatic carbocycles.